The average Bonchev–Trinajstić information content (AvgIpc) is 2.97. The highest BCUT2D eigenvalue weighted by molar-refractivity contribution is 7.13. The lowest BCUT2D eigenvalue weighted by molar-refractivity contribution is -0.125. The van der Waals surface area contributed by atoms with E-state index in [9.17, 15) is 9.59 Å². The van der Waals surface area contributed by atoms with Gasteiger partial charge in [-0.05, 0) is 23.1 Å². The van der Waals surface area contributed by atoms with Crippen LogP contribution in [0.2, 0.25) is 0 Å². The Labute approximate surface area is 121 Å². The van der Waals surface area contributed by atoms with Gasteiger partial charge in [-0.25, -0.2) is 0 Å². The van der Waals surface area contributed by atoms with Crippen molar-refractivity contribution in [3.05, 3.63) is 41.4 Å². The summed E-state index contributed by atoms with van der Waals surface area (Å²) in [4.78, 5) is 27.7. The Balaban J connectivity index is 2.00. The Morgan fingerprint density at radius 1 is 1.25 bits per heavy atom. The Kier molecular flexibility index (Phi) is 4.84. The summed E-state index contributed by atoms with van der Waals surface area (Å²) in [6.07, 6.45) is 1.73. The fourth-order valence-corrected chi connectivity index (χ4v) is 2.43. The van der Waals surface area contributed by atoms with Crippen molar-refractivity contribution in [1.82, 2.24) is 15.6 Å². The van der Waals surface area contributed by atoms with Crippen LogP contribution >= 0.6 is 11.3 Å². The zero-order chi connectivity index (χ0) is 14.4. The molecule has 2 amide bonds. The fourth-order valence-electron chi connectivity index (χ4n) is 1.68. The molecule has 5 nitrogen and oxygen atoms in total. The number of rotatable bonds is 5. The molecular weight excluding hydrogens is 274 g/mol. The summed E-state index contributed by atoms with van der Waals surface area (Å²) in [6.45, 7) is 1.76. The molecule has 0 atom stereocenters. The predicted molar refractivity (Wildman–Crippen MR) is 78.1 cm³/mol. The van der Waals surface area contributed by atoms with Gasteiger partial charge in [-0.15, -0.1) is 11.3 Å². The number of thiophene rings is 1. The number of carbonyl (C=O) groups excluding carboxylic acids is 2. The molecule has 0 bridgehead atoms. The molecule has 2 aromatic heterocycles. The fraction of sp³-hybridized carbons (Fsp3) is 0.214. The van der Waals surface area contributed by atoms with E-state index in [4.69, 9.17) is 0 Å². The van der Waals surface area contributed by atoms with E-state index in [0.29, 0.717) is 6.54 Å². The van der Waals surface area contributed by atoms with Crippen molar-refractivity contribution in [2.45, 2.75) is 13.5 Å². The van der Waals surface area contributed by atoms with Crippen LogP contribution in [0.4, 0.5) is 0 Å². The number of nitrogens with zero attached hydrogens (tertiary/aromatic N) is 1. The lowest BCUT2D eigenvalue weighted by Crippen LogP contribution is -2.35. The normalized spacial score (nSPS) is 10.1. The summed E-state index contributed by atoms with van der Waals surface area (Å²) >= 11 is 1.61. The summed E-state index contributed by atoms with van der Waals surface area (Å²) in [5.74, 6) is -0.443. The van der Waals surface area contributed by atoms with Crippen LogP contribution in [0.5, 0.6) is 0 Å². The summed E-state index contributed by atoms with van der Waals surface area (Å²) in [7, 11) is 0. The molecule has 6 heteroatoms. The van der Waals surface area contributed by atoms with E-state index in [1.165, 1.54) is 6.92 Å². The van der Waals surface area contributed by atoms with E-state index in [1.807, 2.05) is 29.6 Å². The Morgan fingerprint density at radius 3 is 2.80 bits per heavy atom. The first-order chi connectivity index (χ1) is 9.66. The van der Waals surface area contributed by atoms with E-state index in [0.717, 1.165) is 16.1 Å². The van der Waals surface area contributed by atoms with Crippen molar-refractivity contribution in [3.8, 4) is 10.6 Å². The highest BCUT2D eigenvalue weighted by Crippen LogP contribution is 2.25. The van der Waals surface area contributed by atoms with Gasteiger partial charge in [0, 0.05) is 19.7 Å². The van der Waals surface area contributed by atoms with Gasteiger partial charge in [0.15, 0.2) is 0 Å². The third-order valence-corrected chi connectivity index (χ3v) is 3.50. The first kappa shape index (κ1) is 14.2. The second kappa shape index (κ2) is 6.81. The SMILES string of the molecule is CC(=O)NCC(=O)NCc1cccnc1-c1cccs1. The number of nitrogens with one attached hydrogen (secondary N) is 2. The first-order valence-corrected chi connectivity index (χ1v) is 7.03. The van der Waals surface area contributed by atoms with Crippen molar-refractivity contribution in [2.75, 3.05) is 6.54 Å². The highest BCUT2D eigenvalue weighted by Gasteiger charge is 2.08. The molecule has 104 valence electrons. The molecule has 0 unspecified atom stereocenters. The Morgan fingerprint density at radius 2 is 2.10 bits per heavy atom. The van der Waals surface area contributed by atoms with Gasteiger partial charge in [-0.1, -0.05) is 12.1 Å². The largest absolute Gasteiger partial charge is 0.350 e. The zero-order valence-corrected chi connectivity index (χ0v) is 11.9. The molecule has 2 rings (SSSR count). The van der Waals surface area contributed by atoms with Crippen LogP contribution in [-0.2, 0) is 16.1 Å². The standard InChI is InChI=1S/C14H15N3O2S/c1-10(18)16-9-13(19)17-8-11-4-2-6-15-14(11)12-5-3-7-20-12/h2-7H,8-9H2,1H3,(H,16,18)(H,17,19). The second-order valence-corrected chi connectivity index (χ2v) is 5.12. The molecule has 20 heavy (non-hydrogen) atoms. The molecule has 0 aliphatic heterocycles. The molecule has 2 N–H and O–H groups in total. The van der Waals surface area contributed by atoms with Crippen LogP contribution in [-0.4, -0.2) is 23.3 Å². The summed E-state index contributed by atoms with van der Waals surface area (Å²) in [5, 5.41) is 7.22. The smallest absolute Gasteiger partial charge is 0.239 e. The molecule has 0 spiro atoms. The van der Waals surface area contributed by atoms with Gasteiger partial charge >= 0.3 is 0 Å². The Hall–Kier alpha value is -2.21. The van der Waals surface area contributed by atoms with E-state index in [1.54, 1.807) is 17.5 Å². The van der Waals surface area contributed by atoms with Crippen LogP contribution in [0, 0.1) is 0 Å². The monoisotopic (exact) mass is 289 g/mol. The number of amides is 2. The average molecular weight is 289 g/mol. The minimum atomic E-state index is -0.221. The minimum absolute atomic E-state index is 0.00999. The quantitative estimate of drug-likeness (QED) is 0.877. The molecule has 0 fully saturated rings. The number of pyridine rings is 1. The minimum Gasteiger partial charge on any atom is -0.350 e. The maximum Gasteiger partial charge on any atom is 0.239 e. The predicted octanol–water partition coefficient (Wildman–Crippen LogP) is 1.56. The van der Waals surface area contributed by atoms with Crippen LogP contribution in [0.1, 0.15) is 12.5 Å². The van der Waals surface area contributed by atoms with Crippen LogP contribution in [0.15, 0.2) is 35.8 Å². The second-order valence-electron chi connectivity index (χ2n) is 4.17. The molecule has 0 aromatic carbocycles. The zero-order valence-electron chi connectivity index (χ0n) is 11.1. The van der Waals surface area contributed by atoms with Gasteiger partial charge in [0.25, 0.3) is 0 Å². The number of aromatic nitrogens is 1. The number of hydrogen-bond acceptors (Lipinski definition) is 4. The topological polar surface area (TPSA) is 71.1 Å². The molecule has 2 aromatic rings. The number of carbonyl (C=O) groups is 2. The van der Waals surface area contributed by atoms with Crippen molar-refractivity contribution in [3.63, 3.8) is 0 Å². The number of hydrogen-bond donors (Lipinski definition) is 2. The molecule has 0 radical (unpaired) electrons. The van der Waals surface area contributed by atoms with E-state index in [-0.39, 0.29) is 18.4 Å². The first-order valence-electron chi connectivity index (χ1n) is 6.15. The molecule has 0 aliphatic rings. The van der Waals surface area contributed by atoms with Gasteiger partial charge in [0.1, 0.15) is 0 Å². The molecule has 2 heterocycles. The van der Waals surface area contributed by atoms with Crippen LogP contribution in [0.3, 0.4) is 0 Å². The summed E-state index contributed by atoms with van der Waals surface area (Å²) in [6, 6.07) is 7.73. The van der Waals surface area contributed by atoms with E-state index < -0.39 is 0 Å². The summed E-state index contributed by atoms with van der Waals surface area (Å²) < 4.78 is 0. The van der Waals surface area contributed by atoms with Crippen molar-refractivity contribution < 1.29 is 9.59 Å². The molecule has 0 aliphatic carbocycles. The maximum absolute atomic E-state index is 11.6. The van der Waals surface area contributed by atoms with Gasteiger partial charge in [-0.3, -0.25) is 14.6 Å². The third kappa shape index (κ3) is 3.89. The molecule has 0 saturated heterocycles. The Bertz CT molecular complexity index is 596. The maximum atomic E-state index is 11.6. The highest BCUT2D eigenvalue weighted by atomic mass is 32.1. The van der Waals surface area contributed by atoms with Gasteiger partial charge in [0.2, 0.25) is 11.8 Å². The van der Waals surface area contributed by atoms with Crippen molar-refractivity contribution in [1.29, 1.82) is 0 Å². The molecule has 0 saturated carbocycles. The van der Waals surface area contributed by atoms with E-state index >= 15 is 0 Å². The van der Waals surface area contributed by atoms with E-state index in [2.05, 4.69) is 15.6 Å². The lowest BCUT2D eigenvalue weighted by atomic mass is 10.1. The van der Waals surface area contributed by atoms with Gasteiger partial charge in [-0.2, -0.15) is 0 Å². The third-order valence-electron chi connectivity index (χ3n) is 2.62. The van der Waals surface area contributed by atoms with Crippen LogP contribution in [0.25, 0.3) is 10.6 Å². The van der Waals surface area contributed by atoms with Gasteiger partial charge in [0.05, 0.1) is 17.1 Å². The van der Waals surface area contributed by atoms with Crippen molar-refractivity contribution in [2.24, 2.45) is 0 Å². The molecular formula is C14H15N3O2S. The summed E-state index contributed by atoms with van der Waals surface area (Å²) in [5.41, 5.74) is 1.83. The lowest BCUT2D eigenvalue weighted by Gasteiger charge is -2.09. The van der Waals surface area contributed by atoms with Gasteiger partial charge < -0.3 is 10.6 Å². The van der Waals surface area contributed by atoms with Crippen LogP contribution < -0.4 is 10.6 Å². The van der Waals surface area contributed by atoms with Crippen molar-refractivity contribution >= 4 is 23.2 Å².